The second-order valence-corrected chi connectivity index (χ2v) is 12.0. The number of fused-ring (bicyclic) bond motifs is 1. The molecule has 0 aliphatic heterocycles. The van der Waals surface area contributed by atoms with Crippen LogP contribution in [0.2, 0.25) is 20.1 Å². The van der Waals surface area contributed by atoms with Crippen LogP contribution < -0.4 is 15.5 Å². The first-order valence-corrected chi connectivity index (χ1v) is 15.5. The molecule has 0 saturated carbocycles. The molecule has 0 aliphatic rings. The molecule has 45 heavy (non-hydrogen) atoms. The lowest BCUT2D eigenvalue weighted by atomic mass is 10.1. The molecule has 0 spiro atoms. The molecule has 0 bridgehead atoms. The normalized spacial score (nSPS) is 12.6. The van der Waals surface area contributed by atoms with E-state index in [4.69, 9.17) is 51.1 Å². The first-order valence-electron chi connectivity index (χ1n) is 14.0. The van der Waals surface area contributed by atoms with Gasteiger partial charge < -0.3 is 14.6 Å². The third-order valence-corrected chi connectivity index (χ3v) is 8.29. The van der Waals surface area contributed by atoms with Crippen molar-refractivity contribution >= 4 is 75.3 Å². The maximum Gasteiger partial charge on any atom is 0.262 e. The van der Waals surface area contributed by atoms with E-state index in [0.29, 0.717) is 27.4 Å². The van der Waals surface area contributed by atoms with Crippen molar-refractivity contribution in [3.05, 3.63) is 134 Å². The summed E-state index contributed by atoms with van der Waals surface area (Å²) in [6.45, 7) is 2.13. The number of ether oxygens (including phenoxy) is 1. The van der Waals surface area contributed by atoms with Crippen molar-refractivity contribution < 1.29 is 14.3 Å². The zero-order valence-corrected chi connectivity index (χ0v) is 27.0. The Morgan fingerprint density at radius 1 is 0.844 bits per heavy atom. The number of benzene rings is 4. The summed E-state index contributed by atoms with van der Waals surface area (Å²) in [4.78, 5) is 26.5. The largest absolute Gasteiger partial charge is 0.479 e. The summed E-state index contributed by atoms with van der Waals surface area (Å²) >= 11 is 24.5. The Bertz CT molecular complexity index is 1860. The number of para-hydroxylation sites is 1. The van der Waals surface area contributed by atoms with Crippen molar-refractivity contribution in [2.45, 2.75) is 32.0 Å². The van der Waals surface area contributed by atoms with E-state index in [1.165, 1.54) is 6.07 Å². The molecule has 0 radical (unpaired) electrons. The number of carbonyl (C=O) groups excluding carboxylic acids is 2. The van der Waals surface area contributed by atoms with E-state index in [1.54, 1.807) is 31.3 Å². The van der Waals surface area contributed by atoms with Gasteiger partial charge in [-0.05, 0) is 54.4 Å². The summed E-state index contributed by atoms with van der Waals surface area (Å²) < 4.78 is 7.82. The number of carbonyl (C=O) groups is 2. The number of hydrogen-bond acceptors (Lipinski definition) is 4. The third kappa shape index (κ3) is 8.38. The number of halogens is 4. The van der Waals surface area contributed by atoms with E-state index in [2.05, 4.69) is 20.4 Å². The van der Waals surface area contributed by atoms with Crippen LogP contribution in [-0.2, 0) is 22.6 Å². The molecule has 1 heterocycles. The first-order chi connectivity index (χ1) is 21.7. The number of hydrazone groups is 1. The van der Waals surface area contributed by atoms with Crippen LogP contribution >= 0.6 is 46.4 Å². The van der Waals surface area contributed by atoms with E-state index in [0.717, 1.165) is 27.6 Å². The van der Waals surface area contributed by atoms with Gasteiger partial charge in [-0.1, -0.05) is 101 Å². The molecule has 2 N–H and O–H groups in total. The molecule has 4 aromatic carbocycles. The van der Waals surface area contributed by atoms with Crippen LogP contribution in [0.15, 0.2) is 102 Å². The quantitative estimate of drug-likeness (QED) is 0.110. The van der Waals surface area contributed by atoms with Crippen LogP contribution in [0.3, 0.4) is 0 Å². The van der Waals surface area contributed by atoms with Gasteiger partial charge in [-0.2, -0.15) is 5.10 Å². The van der Waals surface area contributed by atoms with Crippen molar-refractivity contribution in [2.24, 2.45) is 5.10 Å². The number of nitrogens with one attached hydrogen (secondary N) is 2. The van der Waals surface area contributed by atoms with E-state index in [9.17, 15) is 9.59 Å². The summed E-state index contributed by atoms with van der Waals surface area (Å²) in [5, 5.41) is 9.70. The molecule has 5 aromatic rings. The maximum atomic E-state index is 13.4. The number of hydrogen-bond donors (Lipinski definition) is 2. The minimum atomic E-state index is -0.945. The van der Waals surface area contributed by atoms with Crippen molar-refractivity contribution in [1.29, 1.82) is 0 Å². The summed E-state index contributed by atoms with van der Waals surface area (Å²) in [6.07, 6.45) is 2.83. The topological polar surface area (TPSA) is 84.7 Å². The Morgan fingerprint density at radius 3 is 2.36 bits per heavy atom. The molecule has 0 saturated heterocycles. The Balaban J connectivity index is 1.31. The fourth-order valence-electron chi connectivity index (χ4n) is 4.75. The Labute approximate surface area is 280 Å². The average molecular weight is 682 g/mol. The second kappa shape index (κ2) is 14.8. The standard InChI is InChI=1S/C34H28Cl4N4O3/c1-21(45-32-14-12-25(35)17-29(32)38)33(43)40-30(16-22-7-3-2-4-8-22)34(44)41-39-18-24-20-42(31-10-6-5-9-26(24)31)19-23-11-13-27(36)28(37)15-23/h2-15,17-18,20-21,30H,16,19H2,1H3,(H,40,43)(H,41,44)/b39-18-/t21-,30+/m0/s1. The van der Waals surface area contributed by atoms with Gasteiger partial charge in [-0.25, -0.2) is 5.43 Å². The second-order valence-electron chi connectivity index (χ2n) is 10.3. The highest BCUT2D eigenvalue weighted by Gasteiger charge is 2.25. The van der Waals surface area contributed by atoms with Gasteiger partial charge in [0.15, 0.2) is 6.10 Å². The molecule has 2 amide bonds. The lowest BCUT2D eigenvalue weighted by Crippen LogP contribution is -2.50. The number of rotatable bonds is 11. The highest BCUT2D eigenvalue weighted by Crippen LogP contribution is 2.28. The summed E-state index contributed by atoms with van der Waals surface area (Å²) in [5.41, 5.74) is 6.23. The number of amides is 2. The van der Waals surface area contributed by atoms with Crippen molar-refractivity contribution in [2.75, 3.05) is 0 Å². The molecule has 0 unspecified atom stereocenters. The first kappa shape index (κ1) is 32.4. The SMILES string of the molecule is C[C@H](Oc1ccc(Cl)cc1Cl)C(=O)N[C@H](Cc1ccccc1)C(=O)N/N=C\c1cn(Cc2ccc(Cl)c(Cl)c2)c2ccccc12. The van der Waals surface area contributed by atoms with Crippen LogP contribution in [-0.4, -0.2) is 34.7 Å². The summed E-state index contributed by atoms with van der Waals surface area (Å²) in [5.74, 6) is -0.679. The molecule has 11 heteroatoms. The molecule has 0 aliphatic carbocycles. The predicted molar refractivity (Wildman–Crippen MR) is 182 cm³/mol. The van der Waals surface area contributed by atoms with Crippen LogP contribution in [0.25, 0.3) is 10.9 Å². The fourth-order valence-corrected chi connectivity index (χ4v) is 5.52. The van der Waals surface area contributed by atoms with Gasteiger partial charge in [0.1, 0.15) is 11.8 Å². The van der Waals surface area contributed by atoms with Crippen LogP contribution in [0.1, 0.15) is 23.6 Å². The Hall–Kier alpha value is -4.01. The lowest BCUT2D eigenvalue weighted by molar-refractivity contribution is -0.132. The summed E-state index contributed by atoms with van der Waals surface area (Å²) in [7, 11) is 0. The maximum absolute atomic E-state index is 13.4. The fraction of sp³-hybridized carbons (Fsp3) is 0.147. The van der Waals surface area contributed by atoms with E-state index >= 15 is 0 Å². The molecule has 5 rings (SSSR count). The third-order valence-electron chi connectivity index (χ3n) is 7.02. The van der Waals surface area contributed by atoms with Gasteiger partial charge in [-0.3, -0.25) is 9.59 Å². The predicted octanol–water partition coefficient (Wildman–Crippen LogP) is 7.95. The highest BCUT2D eigenvalue weighted by atomic mass is 35.5. The van der Waals surface area contributed by atoms with Gasteiger partial charge in [0.25, 0.3) is 11.8 Å². The van der Waals surface area contributed by atoms with E-state index < -0.39 is 24.0 Å². The van der Waals surface area contributed by atoms with Gasteiger partial charge in [-0.15, -0.1) is 0 Å². The minimum absolute atomic E-state index is 0.241. The smallest absolute Gasteiger partial charge is 0.262 e. The van der Waals surface area contributed by atoms with Gasteiger partial charge in [0.2, 0.25) is 0 Å². The lowest BCUT2D eigenvalue weighted by Gasteiger charge is -2.21. The average Bonchev–Trinajstić information content (AvgIpc) is 3.37. The molecule has 230 valence electrons. The van der Waals surface area contributed by atoms with E-state index in [-0.39, 0.29) is 11.4 Å². The van der Waals surface area contributed by atoms with Crippen LogP contribution in [0, 0.1) is 0 Å². The summed E-state index contributed by atoms with van der Waals surface area (Å²) in [6, 6.07) is 26.6. The highest BCUT2D eigenvalue weighted by molar-refractivity contribution is 6.42. The van der Waals surface area contributed by atoms with Gasteiger partial charge >= 0.3 is 0 Å². The molecule has 0 fully saturated rings. The molecule has 2 atom stereocenters. The molecule has 7 nitrogen and oxygen atoms in total. The Kier molecular flexibility index (Phi) is 10.7. The van der Waals surface area contributed by atoms with Crippen molar-refractivity contribution in [3.63, 3.8) is 0 Å². The van der Waals surface area contributed by atoms with Crippen LogP contribution in [0.5, 0.6) is 5.75 Å². The van der Waals surface area contributed by atoms with Crippen LogP contribution in [0.4, 0.5) is 0 Å². The van der Waals surface area contributed by atoms with Gasteiger partial charge in [0, 0.05) is 40.7 Å². The van der Waals surface area contributed by atoms with Gasteiger partial charge in [0.05, 0.1) is 21.3 Å². The molecule has 1 aromatic heterocycles. The molecular formula is C34H28Cl4N4O3. The van der Waals surface area contributed by atoms with Crippen molar-refractivity contribution in [1.82, 2.24) is 15.3 Å². The number of nitrogens with zero attached hydrogens (tertiary/aromatic N) is 2. The zero-order chi connectivity index (χ0) is 31.9. The zero-order valence-electron chi connectivity index (χ0n) is 24.0. The minimum Gasteiger partial charge on any atom is -0.479 e. The monoisotopic (exact) mass is 680 g/mol. The van der Waals surface area contributed by atoms with E-state index in [1.807, 2.05) is 72.9 Å². The van der Waals surface area contributed by atoms with Crippen molar-refractivity contribution in [3.8, 4) is 5.75 Å². The Morgan fingerprint density at radius 2 is 1.60 bits per heavy atom. The molecular weight excluding hydrogens is 654 g/mol. The number of aromatic nitrogens is 1.